The van der Waals surface area contributed by atoms with Gasteiger partial charge in [0, 0.05) is 46.0 Å². The molecular weight excluding hydrogens is 441 g/mol. The second kappa shape index (κ2) is 13.2. The molecule has 0 aromatic rings. The minimum absolute atomic E-state index is 0. The van der Waals surface area contributed by atoms with Crippen LogP contribution in [0.5, 0.6) is 0 Å². The van der Waals surface area contributed by atoms with Crippen molar-refractivity contribution < 1.29 is 9.47 Å². The highest BCUT2D eigenvalue weighted by atomic mass is 127. The molecular formula is C20H40IN3O2. The molecule has 26 heavy (non-hydrogen) atoms. The lowest BCUT2D eigenvalue weighted by Crippen LogP contribution is -2.49. The van der Waals surface area contributed by atoms with Gasteiger partial charge in [-0.15, -0.1) is 24.0 Å². The fourth-order valence-corrected chi connectivity index (χ4v) is 4.07. The summed E-state index contributed by atoms with van der Waals surface area (Å²) in [6.45, 7) is 13.4. The van der Waals surface area contributed by atoms with Crippen LogP contribution in [0.15, 0.2) is 4.99 Å². The maximum atomic E-state index is 5.95. The van der Waals surface area contributed by atoms with E-state index in [1.165, 1.54) is 25.7 Å². The van der Waals surface area contributed by atoms with Crippen LogP contribution in [0.4, 0.5) is 0 Å². The maximum absolute atomic E-state index is 5.95. The molecule has 2 rings (SSSR count). The first-order chi connectivity index (χ1) is 12.2. The number of rotatable bonds is 8. The van der Waals surface area contributed by atoms with Gasteiger partial charge >= 0.3 is 0 Å². The van der Waals surface area contributed by atoms with Crippen LogP contribution in [0.1, 0.15) is 65.7 Å². The Labute approximate surface area is 177 Å². The van der Waals surface area contributed by atoms with Gasteiger partial charge in [-0.25, -0.2) is 0 Å². The highest BCUT2D eigenvalue weighted by Crippen LogP contribution is 2.33. The highest BCUT2D eigenvalue weighted by molar-refractivity contribution is 14.0. The molecule has 2 saturated heterocycles. The Bertz CT molecular complexity index is 399. The smallest absolute Gasteiger partial charge is 0.193 e. The summed E-state index contributed by atoms with van der Waals surface area (Å²) in [6.07, 6.45) is 8.65. The summed E-state index contributed by atoms with van der Waals surface area (Å²) in [4.78, 5) is 7.35. The molecule has 1 atom stereocenters. The minimum Gasteiger partial charge on any atom is -0.381 e. The number of nitrogens with zero attached hydrogens (tertiary/aromatic N) is 2. The number of piperidine rings is 1. The van der Waals surface area contributed by atoms with Gasteiger partial charge in [0.2, 0.25) is 0 Å². The zero-order chi connectivity index (χ0) is 18.0. The van der Waals surface area contributed by atoms with Gasteiger partial charge in [0.15, 0.2) is 5.96 Å². The van der Waals surface area contributed by atoms with Crippen molar-refractivity contribution in [2.75, 3.05) is 46.0 Å². The zero-order valence-corrected chi connectivity index (χ0v) is 19.4. The van der Waals surface area contributed by atoms with Crippen molar-refractivity contribution in [1.82, 2.24) is 10.2 Å². The van der Waals surface area contributed by atoms with Gasteiger partial charge in [0.05, 0.1) is 6.10 Å². The van der Waals surface area contributed by atoms with E-state index in [0.717, 1.165) is 71.2 Å². The first-order valence-electron chi connectivity index (χ1n) is 10.4. The van der Waals surface area contributed by atoms with E-state index in [4.69, 9.17) is 14.5 Å². The second-order valence-electron chi connectivity index (χ2n) is 7.86. The van der Waals surface area contributed by atoms with Gasteiger partial charge in [0.1, 0.15) is 0 Å². The van der Waals surface area contributed by atoms with Gasteiger partial charge in [-0.05, 0) is 50.9 Å². The van der Waals surface area contributed by atoms with Crippen molar-refractivity contribution in [1.29, 1.82) is 0 Å². The minimum atomic E-state index is 0. The molecule has 2 aliphatic heterocycles. The molecule has 1 unspecified atom stereocenters. The Morgan fingerprint density at radius 2 is 2.08 bits per heavy atom. The molecule has 0 radical (unpaired) electrons. The van der Waals surface area contributed by atoms with Crippen LogP contribution in [-0.4, -0.2) is 63.0 Å². The van der Waals surface area contributed by atoms with Crippen LogP contribution in [0.3, 0.4) is 0 Å². The van der Waals surface area contributed by atoms with Gasteiger partial charge in [-0.1, -0.05) is 20.3 Å². The maximum Gasteiger partial charge on any atom is 0.193 e. The molecule has 0 bridgehead atoms. The quantitative estimate of drug-likeness (QED) is 0.246. The number of hydrogen-bond donors (Lipinski definition) is 1. The number of likely N-dealkylation sites (tertiary alicyclic amines) is 1. The molecule has 0 aromatic heterocycles. The highest BCUT2D eigenvalue weighted by Gasteiger charge is 2.31. The Kier molecular flexibility index (Phi) is 12.1. The van der Waals surface area contributed by atoms with E-state index in [1.54, 1.807) is 0 Å². The lowest BCUT2D eigenvalue weighted by molar-refractivity contribution is -0.0318. The fraction of sp³-hybridized carbons (Fsp3) is 0.950. The number of aliphatic imine (C=N–C) groups is 1. The van der Waals surface area contributed by atoms with E-state index >= 15 is 0 Å². The van der Waals surface area contributed by atoms with Crippen LogP contribution in [0, 0.1) is 5.41 Å². The molecule has 2 aliphatic rings. The fourth-order valence-electron chi connectivity index (χ4n) is 4.07. The summed E-state index contributed by atoms with van der Waals surface area (Å²) in [5.74, 6) is 1.09. The number of hydrogen-bond acceptors (Lipinski definition) is 3. The summed E-state index contributed by atoms with van der Waals surface area (Å²) in [5, 5.41) is 3.49. The monoisotopic (exact) mass is 481 g/mol. The van der Waals surface area contributed by atoms with Crippen molar-refractivity contribution in [2.45, 2.75) is 71.8 Å². The first-order valence-corrected chi connectivity index (χ1v) is 10.4. The van der Waals surface area contributed by atoms with Crippen LogP contribution >= 0.6 is 24.0 Å². The average Bonchev–Trinajstić information content (AvgIpc) is 2.61. The normalized spacial score (nSPS) is 25.0. The molecule has 2 heterocycles. The van der Waals surface area contributed by atoms with E-state index < -0.39 is 0 Å². The lowest BCUT2D eigenvalue weighted by atomic mass is 9.78. The van der Waals surface area contributed by atoms with Gasteiger partial charge in [-0.2, -0.15) is 0 Å². The second-order valence-corrected chi connectivity index (χ2v) is 7.86. The van der Waals surface area contributed by atoms with Crippen LogP contribution in [0.2, 0.25) is 0 Å². The zero-order valence-electron chi connectivity index (χ0n) is 17.1. The standard InChI is InChI=1S/C20H39N3O2.HI/c1-4-10-20(3)11-6-13-23(17-20)19(21-5-2)22-12-7-14-25-18-8-15-24-16-9-18;/h18H,4-17H2,1-3H3,(H,21,22);1H. The van der Waals surface area contributed by atoms with E-state index in [2.05, 4.69) is 31.0 Å². The molecule has 0 amide bonds. The van der Waals surface area contributed by atoms with Crippen LogP contribution < -0.4 is 5.32 Å². The third-order valence-corrected chi connectivity index (χ3v) is 5.35. The molecule has 6 heteroatoms. The Hall–Kier alpha value is -0.0800. The topological polar surface area (TPSA) is 46.1 Å². The van der Waals surface area contributed by atoms with E-state index in [-0.39, 0.29) is 24.0 Å². The summed E-state index contributed by atoms with van der Waals surface area (Å²) in [5.41, 5.74) is 0.440. The van der Waals surface area contributed by atoms with E-state index in [0.29, 0.717) is 11.5 Å². The molecule has 0 saturated carbocycles. The summed E-state index contributed by atoms with van der Waals surface area (Å²) >= 11 is 0. The van der Waals surface area contributed by atoms with Crippen molar-refractivity contribution in [3.05, 3.63) is 0 Å². The van der Waals surface area contributed by atoms with Crippen molar-refractivity contribution >= 4 is 29.9 Å². The average molecular weight is 481 g/mol. The number of nitrogens with one attached hydrogen (secondary N) is 1. The van der Waals surface area contributed by atoms with Crippen LogP contribution in [-0.2, 0) is 9.47 Å². The summed E-state index contributed by atoms with van der Waals surface area (Å²) in [6, 6.07) is 0. The molecule has 2 fully saturated rings. The summed E-state index contributed by atoms with van der Waals surface area (Å²) < 4.78 is 11.3. The predicted octanol–water partition coefficient (Wildman–Crippen LogP) is 4.06. The Morgan fingerprint density at radius 3 is 2.77 bits per heavy atom. The molecule has 5 nitrogen and oxygen atoms in total. The van der Waals surface area contributed by atoms with Gasteiger partial charge < -0.3 is 19.7 Å². The van der Waals surface area contributed by atoms with Crippen molar-refractivity contribution in [2.24, 2.45) is 10.4 Å². The number of halogens is 1. The lowest BCUT2D eigenvalue weighted by Gasteiger charge is -2.42. The van der Waals surface area contributed by atoms with Crippen molar-refractivity contribution in [3.8, 4) is 0 Å². The first kappa shape index (κ1) is 24.0. The van der Waals surface area contributed by atoms with Gasteiger partial charge in [-0.3, -0.25) is 4.99 Å². The van der Waals surface area contributed by atoms with E-state index in [1.807, 2.05) is 0 Å². The molecule has 0 aliphatic carbocycles. The number of guanidine groups is 1. The molecule has 154 valence electrons. The third kappa shape index (κ3) is 8.30. The van der Waals surface area contributed by atoms with Crippen LogP contribution in [0.25, 0.3) is 0 Å². The SMILES string of the molecule is CCCC1(C)CCCN(C(=NCCCOC2CCOCC2)NCC)C1.I. The molecule has 0 spiro atoms. The number of ether oxygens (including phenoxy) is 2. The van der Waals surface area contributed by atoms with Gasteiger partial charge in [0.25, 0.3) is 0 Å². The molecule has 1 N–H and O–H groups in total. The molecule has 0 aromatic carbocycles. The third-order valence-electron chi connectivity index (χ3n) is 5.35. The van der Waals surface area contributed by atoms with Crippen molar-refractivity contribution in [3.63, 3.8) is 0 Å². The van der Waals surface area contributed by atoms with E-state index in [9.17, 15) is 0 Å². The largest absolute Gasteiger partial charge is 0.381 e. The Morgan fingerprint density at radius 1 is 1.31 bits per heavy atom. The Balaban J connectivity index is 0.00000338. The summed E-state index contributed by atoms with van der Waals surface area (Å²) in [7, 11) is 0. The predicted molar refractivity (Wildman–Crippen MR) is 120 cm³/mol.